The number of aromatic nitrogens is 4. The minimum absolute atomic E-state index is 0.0700. The van der Waals surface area contributed by atoms with Gasteiger partial charge in [0.05, 0.1) is 27.7 Å². The van der Waals surface area contributed by atoms with E-state index in [1.165, 1.54) is 17.8 Å². The molecule has 38 heavy (non-hydrogen) atoms. The van der Waals surface area contributed by atoms with E-state index >= 15 is 0 Å². The van der Waals surface area contributed by atoms with Crippen LogP contribution in [-0.4, -0.2) is 30.9 Å². The van der Waals surface area contributed by atoms with Gasteiger partial charge in [-0.05, 0) is 37.1 Å². The van der Waals surface area contributed by atoms with Crippen LogP contribution in [0.1, 0.15) is 26.0 Å². The number of thioether (sulfide) groups is 1. The van der Waals surface area contributed by atoms with Crippen LogP contribution in [0.25, 0.3) is 28.1 Å². The fourth-order valence-corrected chi connectivity index (χ4v) is 5.18. The molecule has 9 heteroatoms. The van der Waals surface area contributed by atoms with E-state index < -0.39 is 22.8 Å². The number of benzene rings is 3. The Morgan fingerprint density at radius 3 is 2.34 bits per heavy atom. The monoisotopic (exact) mass is 529 g/mol. The summed E-state index contributed by atoms with van der Waals surface area (Å²) < 4.78 is 29.4. The van der Waals surface area contributed by atoms with Gasteiger partial charge in [-0.3, -0.25) is 4.79 Å². The van der Waals surface area contributed by atoms with E-state index in [2.05, 4.69) is 5.32 Å². The third-order valence-corrected chi connectivity index (χ3v) is 7.39. The molecule has 0 spiro atoms. The van der Waals surface area contributed by atoms with Crippen LogP contribution in [0, 0.1) is 11.6 Å². The molecule has 1 amide bonds. The lowest BCUT2D eigenvalue weighted by atomic mass is 10.2. The van der Waals surface area contributed by atoms with E-state index in [-0.39, 0.29) is 5.69 Å². The van der Waals surface area contributed by atoms with Crippen molar-refractivity contribution in [3.63, 3.8) is 0 Å². The average molecular weight is 530 g/mol. The number of hydrogen-bond acceptors (Lipinski definition) is 5. The Morgan fingerprint density at radius 1 is 0.974 bits per heavy atom. The van der Waals surface area contributed by atoms with Crippen molar-refractivity contribution in [3.05, 3.63) is 96.2 Å². The van der Waals surface area contributed by atoms with Gasteiger partial charge in [0.15, 0.2) is 11.5 Å². The van der Waals surface area contributed by atoms with Crippen LogP contribution in [0.15, 0.2) is 83.9 Å². The molecule has 1 N–H and O–H groups in total. The SMILES string of the molecule is CCc1nn(-c2ccccc2)c2nc(-c3ccccc3)nc(SC(CC)C(=O)Nc3ccc(F)cc3F)c12. The third kappa shape index (κ3) is 5.15. The number of rotatable bonds is 8. The van der Waals surface area contributed by atoms with Crippen molar-refractivity contribution in [3.8, 4) is 17.1 Å². The Bertz CT molecular complexity index is 1590. The highest BCUT2D eigenvalue weighted by molar-refractivity contribution is 8.00. The lowest BCUT2D eigenvalue weighted by Gasteiger charge is -2.16. The van der Waals surface area contributed by atoms with E-state index in [1.54, 1.807) is 4.68 Å². The Hall–Kier alpha value is -4.11. The molecule has 0 bridgehead atoms. The number of hydrogen-bond donors (Lipinski definition) is 1. The highest BCUT2D eigenvalue weighted by Gasteiger charge is 2.25. The topological polar surface area (TPSA) is 72.7 Å². The molecule has 192 valence electrons. The second kappa shape index (κ2) is 11.1. The van der Waals surface area contributed by atoms with E-state index in [1.807, 2.05) is 74.5 Å². The van der Waals surface area contributed by atoms with Crippen molar-refractivity contribution in [1.82, 2.24) is 19.7 Å². The molecule has 0 fully saturated rings. The van der Waals surface area contributed by atoms with Gasteiger partial charge in [-0.1, -0.05) is 74.1 Å². The molecule has 1 unspecified atom stereocenters. The molecule has 0 saturated carbocycles. The molecule has 6 nitrogen and oxygen atoms in total. The summed E-state index contributed by atoms with van der Waals surface area (Å²) in [5.41, 5.74) is 3.08. The lowest BCUT2D eigenvalue weighted by molar-refractivity contribution is -0.115. The van der Waals surface area contributed by atoms with Crippen LogP contribution in [0.5, 0.6) is 0 Å². The zero-order valence-corrected chi connectivity index (χ0v) is 21.7. The molecule has 0 aliphatic carbocycles. The van der Waals surface area contributed by atoms with Crippen molar-refractivity contribution in [2.45, 2.75) is 37.0 Å². The third-order valence-electron chi connectivity index (χ3n) is 6.04. The number of nitrogens with zero attached hydrogens (tertiary/aromatic N) is 4. The average Bonchev–Trinajstić information content (AvgIpc) is 3.33. The summed E-state index contributed by atoms with van der Waals surface area (Å²) in [6.07, 6.45) is 1.10. The maximum Gasteiger partial charge on any atom is 0.237 e. The van der Waals surface area contributed by atoms with Gasteiger partial charge in [-0.25, -0.2) is 23.4 Å². The smallest absolute Gasteiger partial charge is 0.237 e. The molecule has 0 radical (unpaired) electrons. The van der Waals surface area contributed by atoms with Crippen molar-refractivity contribution in [2.24, 2.45) is 0 Å². The summed E-state index contributed by atoms with van der Waals surface area (Å²) in [6.45, 7) is 3.89. The number of para-hydroxylation sites is 1. The molecule has 5 aromatic rings. The minimum atomic E-state index is -0.827. The van der Waals surface area contributed by atoms with Crippen LogP contribution < -0.4 is 5.32 Å². The normalized spacial score (nSPS) is 12.0. The number of amides is 1. The van der Waals surface area contributed by atoms with Gasteiger partial charge < -0.3 is 5.32 Å². The molecular weight excluding hydrogens is 504 g/mol. The summed E-state index contributed by atoms with van der Waals surface area (Å²) in [5, 5.41) is 8.26. The van der Waals surface area contributed by atoms with Crippen LogP contribution in [0.4, 0.5) is 14.5 Å². The maximum atomic E-state index is 14.2. The quantitative estimate of drug-likeness (QED) is 0.176. The number of fused-ring (bicyclic) bond motifs is 1. The summed E-state index contributed by atoms with van der Waals surface area (Å²) in [5.74, 6) is -1.42. The maximum absolute atomic E-state index is 14.2. The van der Waals surface area contributed by atoms with Gasteiger partial charge in [-0.2, -0.15) is 5.10 Å². The lowest BCUT2D eigenvalue weighted by Crippen LogP contribution is -2.25. The standard InChI is InChI=1S/C29H25F2N5OS/c1-3-22-25-27(36(35-22)20-13-9-6-10-14-20)33-26(18-11-7-5-8-12-18)34-29(25)38-24(4-2)28(37)32-23-16-15-19(30)17-21(23)31/h5-17,24H,3-4H2,1-2H3,(H,32,37). The van der Waals surface area contributed by atoms with Crippen LogP contribution >= 0.6 is 11.8 Å². The fraction of sp³-hybridized carbons (Fsp3) is 0.172. The molecule has 3 aromatic carbocycles. The van der Waals surface area contributed by atoms with E-state index in [0.717, 1.165) is 34.5 Å². The van der Waals surface area contributed by atoms with Crippen molar-refractivity contribution < 1.29 is 13.6 Å². The zero-order chi connectivity index (χ0) is 26.6. The Labute approximate surface area is 223 Å². The number of halogens is 2. The second-order valence-electron chi connectivity index (χ2n) is 8.59. The highest BCUT2D eigenvalue weighted by Crippen LogP contribution is 2.35. The molecule has 0 saturated heterocycles. The minimum Gasteiger partial charge on any atom is -0.323 e. The van der Waals surface area contributed by atoms with Crippen LogP contribution in [-0.2, 0) is 11.2 Å². The Balaban J connectivity index is 1.61. The van der Waals surface area contributed by atoms with Gasteiger partial charge >= 0.3 is 0 Å². The highest BCUT2D eigenvalue weighted by atomic mass is 32.2. The summed E-state index contributed by atoms with van der Waals surface area (Å²) >= 11 is 1.29. The summed E-state index contributed by atoms with van der Waals surface area (Å²) in [4.78, 5) is 23.0. The first-order valence-electron chi connectivity index (χ1n) is 12.3. The molecule has 2 heterocycles. The first-order valence-corrected chi connectivity index (χ1v) is 13.2. The molecule has 0 aliphatic rings. The van der Waals surface area contributed by atoms with Crippen LogP contribution in [0.2, 0.25) is 0 Å². The first-order chi connectivity index (χ1) is 18.5. The van der Waals surface area contributed by atoms with E-state index in [0.29, 0.717) is 29.3 Å². The summed E-state index contributed by atoms with van der Waals surface area (Å²) in [6, 6.07) is 22.4. The van der Waals surface area contributed by atoms with E-state index in [4.69, 9.17) is 15.1 Å². The van der Waals surface area contributed by atoms with Crippen molar-refractivity contribution in [2.75, 3.05) is 5.32 Å². The zero-order valence-electron chi connectivity index (χ0n) is 20.9. The largest absolute Gasteiger partial charge is 0.323 e. The van der Waals surface area contributed by atoms with Gasteiger partial charge in [0.25, 0.3) is 0 Å². The van der Waals surface area contributed by atoms with Gasteiger partial charge in [0.1, 0.15) is 16.7 Å². The second-order valence-corrected chi connectivity index (χ2v) is 9.78. The van der Waals surface area contributed by atoms with Gasteiger partial charge in [-0.15, -0.1) is 0 Å². The molecule has 5 rings (SSSR count). The van der Waals surface area contributed by atoms with Crippen LogP contribution in [0.3, 0.4) is 0 Å². The predicted octanol–water partition coefficient (Wildman–Crippen LogP) is 6.83. The number of carbonyl (C=O) groups excluding carboxylic acids is 1. The van der Waals surface area contributed by atoms with E-state index in [9.17, 15) is 13.6 Å². The number of anilines is 1. The Kier molecular flexibility index (Phi) is 7.46. The van der Waals surface area contributed by atoms with Gasteiger partial charge in [0.2, 0.25) is 5.91 Å². The number of nitrogens with one attached hydrogen (secondary N) is 1. The van der Waals surface area contributed by atoms with Crippen molar-refractivity contribution >= 4 is 34.4 Å². The molecule has 0 aliphatic heterocycles. The van der Waals surface area contributed by atoms with Gasteiger partial charge in [0, 0.05) is 11.6 Å². The molecule has 2 aromatic heterocycles. The van der Waals surface area contributed by atoms with Crippen molar-refractivity contribution in [1.29, 1.82) is 0 Å². The fourth-order valence-electron chi connectivity index (χ4n) is 4.11. The summed E-state index contributed by atoms with van der Waals surface area (Å²) in [7, 11) is 0. The first kappa shape index (κ1) is 25.5. The number of aryl methyl sites for hydroxylation is 1. The Morgan fingerprint density at radius 2 is 1.68 bits per heavy atom. The molecule has 1 atom stereocenters. The molecular formula is C29H25F2N5OS. The number of carbonyl (C=O) groups is 1. The predicted molar refractivity (Wildman–Crippen MR) is 146 cm³/mol.